The molecule has 3 nitrogen and oxygen atoms in total. The minimum absolute atomic E-state index is 0.0440. The topological polar surface area (TPSA) is 41.1 Å². The van der Waals surface area contributed by atoms with E-state index in [0.717, 1.165) is 25.8 Å². The van der Waals surface area contributed by atoms with E-state index in [1.165, 1.54) is 5.56 Å². The van der Waals surface area contributed by atoms with Gasteiger partial charge >= 0.3 is 0 Å². The third-order valence-electron chi connectivity index (χ3n) is 4.04. The average Bonchev–Trinajstić information content (AvgIpc) is 2.73. The van der Waals surface area contributed by atoms with Crippen LogP contribution in [0, 0.1) is 0 Å². The molecule has 2 fully saturated rings. The van der Waals surface area contributed by atoms with Crippen molar-refractivity contribution in [2.75, 3.05) is 6.54 Å². The van der Waals surface area contributed by atoms with Crippen molar-refractivity contribution in [1.82, 2.24) is 10.6 Å². The molecule has 2 aliphatic rings. The number of amides is 1. The summed E-state index contributed by atoms with van der Waals surface area (Å²) in [6, 6.07) is 11.0. The maximum Gasteiger partial charge on any atom is 0.220 e. The molecule has 1 aromatic rings. The van der Waals surface area contributed by atoms with E-state index in [4.69, 9.17) is 0 Å². The first-order valence-corrected chi connectivity index (χ1v) is 6.37. The molecule has 0 aromatic heterocycles. The average molecular weight is 230 g/mol. The van der Waals surface area contributed by atoms with Gasteiger partial charge in [-0.25, -0.2) is 0 Å². The van der Waals surface area contributed by atoms with Gasteiger partial charge in [0.2, 0.25) is 5.91 Å². The Morgan fingerprint density at radius 3 is 2.59 bits per heavy atom. The molecule has 2 saturated heterocycles. The Kier molecular flexibility index (Phi) is 2.63. The summed E-state index contributed by atoms with van der Waals surface area (Å²) in [7, 11) is 0. The van der Waals surface area contributed by atoms with Gasteiger partial charge in [-0.05, 0) is 24.8 Å². The van der Waals surface area contributed by atoms with Crippen molar-refractivity contribution in [1.29, 1.82) is 0 Å². The maximum absolute atomic E-state index is 11.3. The molecule has 2 N–H and O–H groups in total. The number of carbonyl (C=O) groups excluding carboxylic acids is 1. The van der Waals surface area contributed by atoms with E-state index in [-0.39, 0.29) is 11.4 Å². The first kappa shape index (κ1) is 10.8. The van der Waals surface area contributed by atoms with Crippen LogP contribution < -0.4 is 10.6 Å². The van der Waals surface area contributed by atoms with E-state index in [0.29, 0.717) is 12.5 Å². The molecule has 1 spiro atoms. The molecule has 3 heteroatoms. The summed E-state index contributed by atoms with van der Waals surface area (Å²) in [5.41, 5.74) is 1.40. The Balaban J connectivity index is 1.67. The summed E-state index contributed by atoms with van der Waals surface area (Å²) >= 11 is 0. The van der Waals surface area contributed by atoms with Crippen molar-refractivity contribution >= 4 is 5.91 Å². The number of carbonyl (C=O) groups is 1. The lowest BCUT2D eigenvalue weighted by molar-refractivity contribution is -0.119. The first-order valence-electron chi connectivity index (χ1n) is 6.37. The fraction of sp³-hybridized carbons (Fsp3) is 0.500. The van der Waals surface area contributed by atoms with Gasteiger partial charge in [0.05, 0.1) is 5.54 Å². The summed E-state index contributed by atoms with van der Waals surface area (Å²) in [4.78, 5) is 11.3. The molecular weight excluding hydrogens is 212 g/mol. The van der Waals surface area contributed by atoms with Gasteiger partial charge in [-0.1, -0.05) is 30.3 Å². The molecule has 0 aliphatic carbocycles. The molecule has 3 rings (SSSR count). The van der Waals surface area contributed by atoms with Gasteiger partial charge < -0.3 is 10.6 Å². The van der Waals surface area contributed by atoms with Crippen LogP contribution in [0.5, 0.6) is 0 Å². The van der Waals surface area contributed by atoms with Gasteiger partial charge in [-0.15, -0.1) is 0 Å². The zero-order chi connectivity index (χ0) is 11.7. The second-order valence-corrected chi connectivity index (χ2v) is 5.21. The molecule has 1 aromatic carbocycles. The van der Waals surface area contributed by atoms with Crippen LogP contribution in [-0.2, 0) is 4.79 Å². The van der Waals surface area contributed by atoms with Gasteiger partial charge in [0.15, 0.2) is 0 Å². The van der Waals surface area contributed by atoms with E-state index >= 15 is 0 Å². The highest BCUT2D eigenvalue weighted by Gasteiger charge is 2.40. The number of hydrogen-bond acceptors (Lipinski definition) is 2. The van der Waals surface area contributed by atoms with Crippen molar-refractivity contribution in [2.24, 2.45) is 0 Å². The van der Waals surface area contributed by atoms with E-state index in [2.05, 4.69) is 34.9 Å². The molecule has 90 valence electrons. The normalized spacial score (nSPS) is 32.7. The van der Waals surface area contributed by atoms with Gasteiger partial charge in [-0.3, -0.25) is 4.79 Å². The molecule has 17 heavy (non-hydrogen) atoms. The van der Waals surface area contributed by atoms with Crippen LogP contribution in [-0.4, -0.2) is 18.0 Å². The molecular formula is C14H18N2O. The highest BCUT2D eigenvalue weighted by Crippen LogP contribution is 2.33. The summed E-state index contributed by atoms with van der Waals surface area (Å²) in [6.07, 6.45) is 3.87. The van der Waals surface area contributed by atoms with Crippen LogP contribution in [0.4, 0.5) is 0 Å². The van der Waals surface area contributed by atoms with Crippen LogP contribution in [0.1, 0.15) is 37.3 Å². The fourth-order valence-electron chi connectivity index (χ4n) is 2.99. The van der Waals surface area contributed by atoms with Crippen LogP contribution in [0.25, 0.3) is 0 Å². The standard InChI is InChI=1S/C14H18N2O/c17-13-7-9-14(16-13)8-6-12(15-10-14)11-4-2-1-3-5-11/h1-5,12,15H,6-10H2,(H,16,17). The van der Waals surface area contributed by atoms with E-state index in [1.54, 1.807) is 0 Å². The minimum atomic E-state index is 0.0440. The third kappa shape index (κ3) is 2.07. The van der Waals surface area contributed by atoms with Gasteiger partial charge in [0, 0.05) is 19.0 Å². The van der Waals surface area contributed by atoms with E-state index in [9.17, 15) is 4.79 Å². The number of piperidine rings is 1. The highest BCUT2D eigenvalue weighted by atomic mass is 16.2. The van der Waals surface area contributed by atoms with Crippen molar-refractivity contribution in [2.45, 2.75) is 37.3 Å². The van der Waals surface area contributed by atoms with Gasteiger partial charge in [0.25, 0.3) is 0 Å². The zero-order valence-corrected chi connectivity index (χ0v) is 9.91. The Bertz CT molecular complexity index is 407. The van der Waals surface area contributed by atoms with Crippen molar-refractivity contribution in [3.05, 3.63) is 35.9 Å². The van der Waals surface area contributed by atoms with Crippen LogP contribution >= 0.6 is 0 Å². The summed E-state index contributed by atoms with van der Waals surface area (Å²) in [5.74, 6) is 0.213. The molecule has 0 radical (unpaired) electrons. The van der Waals surface area contributed by atoms with Crippen molar-refractivity contribution in [3.8, 4) is 0 Å². The highest BCUT2D eigenvalue weighted by molar-refractivity contribution is 5.79. The Hall–Kier alpha value is -1.35. The smallest absolute Gasteiger partial charge is 0.220 e. The van der Waals surface area contributed by atoms with Gasteiger partial charge in [0.1, 0.15) is 0 Å². The lowest BCUT2D eigenvalue weighted by Crippen LogP contribution is -2.53. The van der Waals surface area contributed by atoms with Crippen molar-refractivity contribution in [3.63, 3.8) is 0 Å². The fourth-order valence-corrected chi connectivity index (χ4v) is 2.99. The summed E-state index contributed by atoms with van der Waals surface area (Å²) < 4.78 is 0. The molecule has 2 atom stereocenters. The summed E-state index contributed by atoms with van der Waals surface area (Å²) in [5, 5.41) is 6.71. The van der Waals surface area contributed by atoms with E-state index in [1.807, 2.05) is 6.07 Å². The number of nitrogens with one attached hydrogen (secondary N) is 2. The van der Waals surface area contributed by atoms with Crippen LogP contribution in [0.2, 0.25) is 0 Å². The largest absolute Gasteiger partial charge is 0.349 e. The van der Waals surface area contributed by atoms with Gasteiger partial charge in [-0.2, -0.15) is 0 Å². The molecule has 1 amide bonds. The second-order valence-electron chi connectivity index (χ2n) is 5.21. The lowest BCUT2D eigenvalue weighted by atomic mass is 9.84. The zero-order valence-electron chi connectivity index (χ0n) is 9.91. The second kappa shape index (κ2) is 4.15. The number of hydrogen-bond donors (Lipinski definition) is 2. The quantitative estimate of drug-likeness (QED) is 0.772. The SMILES string of the molecule is O=C1CCC2(CCC(c3ccccc3)NC2)N1. The molecule has 2 aliphatic heterocycles. The Morgan fingerprint density at radius 1 is 1.18 bits per heavy atom. The Labute approximate surface area is 102 Å². The molecule has 0 saturated carbocycles. The number of rotatable bonds is 1. The first-order chi connectivity index (χ1) is 8.27. The van der Waals surface area contributed by atoms with Crippen LogP contribution in [0.3, 0.4) is 0 Å². The number of benzene rings is 1. The monoisotopic (exact) mass is 230 g/mol. The summed E-state index contributed by atoms with van der Waals surface area (Å²) in [6.45, 7) is 0.901. The predicted octanol–water partition coefficient (Wildman–Crippen LogP) is 1.76. The van der Waals surface area contributed by atoms with Crippen LogP contribution in [0.15, 0.2) is 30.3 Å². The molecule has 2 heterocycles. The third-order valence-corrected chi connectivity index (χ3v) is 4.04. The van der Waals surface area contributed by atoms with Crippen molar-refractivity contribution < 1.29 is 4.79 Å². The minimum Gasteiger partial charge on any atom is -0.349 e. The lowest BCUT2D eigenvalue weighted by Gasteiger charge is -2.38. The Morgan fingerprint density at radius 2 is 2.00 bits per heavy atom. The predicted molar refractivity (Wildman–Crippen MR) is 66.5 cm³/mol. The van der Waals surface area contributed by atoms with E-state index < -0.39 is 0 Å². The molecule has 0 bridgehead atoms. The maximum atomic E-state index is 11.3. The molecule has 2 unspecified atom stereocenters.